The fourth-order valence-corrected chi connectivity index (χ4v) is 1.88. The zero-order valence-electron chi connectivity index (χ0n) is 12.6. The van der Waals surface area contributed by atoms with Gasteiger partial charge in [0.1, 0.15) is 18.5 Å². The number of aliphatic hydroxyl groups excluding tert-OH is 1. The van der Waals surface area contributed by atoms with Gasteiger partial charge >= 0.3 is 5.97 Å². The number of aromatic carboxylic acids is 1. The number of nitro benzene ring substituents is 1. The van der Waals surface area contributed by atoms with Gasteiger partial charge < -0.3 is 20.3 Å². The first kappa shape index (κ1) is 17.2. The zero-order chi connectivity index (χ0) is 17.5. The highest BCUT2D eigenvalue weighted by Gasteiger charge is 2.08. The number of anilines is 1. The van der Waals surface area contributed by atoms with E-state index in [9.17, 15) is 20.0 Å². The van der Waals surface area contributed by atoms with E-state index >= 15 is 0 Å². The van der Waals surface area contributed by atoms with Gasteiger partial charge in [-0.3, -0.25) is 10.1 Å². The number of aliphatic hydroxyl groups is 1. The molecule has 24 heavy (non-hydrogen) atoms. The Morgan fingerprint density at radius 3 is 2.33 bits per heavy atom. The van der Waals surface area contributed by atoms with Crippen molar-refractivity contribution in [3.8, 4) is 5.75 Å². The largest absolute Gasteiger partial charge is 0.491 e. The number of carboxylic acids is 1. The molecule has 0 saturated carbocycles. The van der Waals surface area contributed by atoms with E-state index in [1.807, 2.05) is 0 Å². The van der Waals surface area contributed by atoms with Gasteiger partial charge in [-0.05, 0) is 36.4 Å². The van der Waals surface area contributed by atoms with Crippen LogP contribution in [0.3, 0.4) is 0 Å². The summed E-state index contributed by atoms with van der Waals surface area (Å²) in [5.41, 5.74) is 0.825. The van der Waals surface area contributed by atoms with E-state index in [1.54, 1.807) is 12.1 Å². The van der Waals surface area contributed by atoms with Crippen LogP contribution in [0, 0.1) is 10.1 Å². The molecular formula is C16H16N2O6. The minimum absolute atomic E-state index is 0.0119. The third kappa shape index (κ3) is 4.96. The van der Waals surface area contributed by atoms with E-state index in [0.717, 1.165) is 0 Å². The first-order chi connectivity index (χ1) is 11.5. The molecule has 0 fully saturated rings. The summed E-state index contributed by atoms with van der Waals surface area (Å²) in [6, 6.07) is 11.7. The number of ether oxygens (including phenoxy) is 1. The lowest BCUT2D eigenvalue weighted by Crippen LogP contribution is -2.26. The number of hydrogen-bond donors (Lipinski definition) is 3. The molecule has 2 aromatic carbocycles. The van der Waals surface area contributed by atoms with Crippen LogP contribution in [-0.4, -0.2) is 40.4 Å². The first-order valence-electron chi connectivity index (χ1n) is 7.08. The Morgan fingerprint density at radius 1 is 1.17 bits per heavy atom. The normalized spacial score (nSPS) is 11.5. The minimum Gasteiger partial charge on any atom is -0.491 e. The molecule has 0 amide bonds. The summed E-state index contributed by atoms with van der Waals surface area (Å²) in [5, 5.41) is 32.2. The number of nitrogens with zero attached hydrogens (tertiary/aromatic N) is 1. The number of rotatable bonds is 8. The van der Waals surface area contributed by atoms with Crippen molar-refractivity contribution in [3.05, 3.63) is 64.2 Å². The summed E-state index contributed by atoms with van der Waals surface area (Å²) in [6.07, 6.45) is -0.806. The maximum Gasteiger partial charge on any atom is 0.335 e. The molecule has 8 nitrogen and oxygen atoms in total. The van der Waals surface area contributed by atoms with E-state index in [-0.39, 0.29) is 24.4 Å². The van der Waals surface area contributed by atoms with E-state index < -0.39 is 17.0 Å². The summed E-state index contributed by atoms with van der Waals surface area (Å²) in [7, 11) is 0. The molecule has 0 spiro atoms. The van der Waals surface area contributed by atoms with Gasteiger partial charge in [0.15, 0.2) is 0 Å². The predicted molar refractivity (Wildman–Crippen MR) is 86.5 cm³/mol. The summed E-state index contributed by atoms with van der Waals surface area (Å²) in [6.45, 7) is 0.220. The lowest BCUT2D eigenvalue weighted by atomic mass is 10.2. The second-order valence-corrected chi connectivity index (χ2v) is 4.98. The molecule has 2 rings (SSSR count). The monoisotopic (exact) mass is 332 g/mol. The molecule has 126 valence electrons. The summed E-state index contributed by atoms with van der Waals surface area (Å²) in [4.78, 5) is 20.8. The standard InChI is InChI=1S/C16H16N2O6/c19-14(9-17-12-3-1-11(2-4-12)16(20)21)10-24-15-7-5-13(6-8-15)18(22)23/h1-8,14,17,19H,9-10H2,(H,20,21)/t14-/m0/s1. The molecule has 8 heteroatoms. The molecule has 0 aromatic heterocycles. The van der Waals surface area contributed by atoms with Crippen molar-refractivity contribution >= 4 is 17.3 Å². The van der Waals surface area contributed by atoms with Crippen LogP contribution in [0.5, 0.6) is 5.75 Å². The molecule has 0 bridgehead atoms. The molecule has 0 saturated heterocycles. The van der Waals surface area contributed by atoms with Crippen molar-refractivity contribution in [1.82, 2.24) is 0 Å². The van der Waals surface area contributed by atoms with Gasteiger partial charge in [-0.1, -0.05) is 0 Å². The Kier molecular flexibility index (Phi) is 5.69. The number of benzene rings is 2. The SMILES string of the molecule is O=C(O)c1ccc(NC[C@H](O)COc2ccc([N+](=O)[O-])cc2)cc1. The van der Waals surface area contributed by atoms with Gasteiger partial charge in [-0.25, -0.2) is 4.79 Å². The molecular weight excluding hydrogens is 316 g/mol. The quantitative estimate of drug-likeness (QED) is 0.500. The van der Waals surface area contributed by atoms with Crippen LogP contribution in [0.15, 0.2) is 48.5 Å². The van der Waals surface area contributed by atoms with Crippen molar-refractivity contribution in [2.75, 3.05) is 18.5 Å². The lowest BCUT2D eigenvalue weighted by Gasteiger charge is -2.14. The van der Waals surface area contributed by atoms with Gasteiger partial charge in [-0.15, -0.1) is 0 Å². The Hall–Kier alpha value is -3.13. The molecule has 2 aromatic rings. The van der Waals surface area contributed by atoms with Crippen molar-refractivity contribution < 1.29 is 24.7 Å². The average molecular weight is 332 g/mol. The number of nitrogens with one attached hydrogen (secondary N) is 1. The summed E-state index contributed by atoms with van der Waals surface area (Å²) < 4.78 is 5.35. The summed E-state index contributed by atoms with van der Waals surface area (Å²) in [5.74, 6) is -0.580. The second-order valence-electron chi connectivity index (χ2n) is 4.98. The molecule has 3 N–H and O–H groups in total. The third-order valence-corrected chi connectivity index (χ3v) is 3.16. The van der Waals surface area contributed by atoms with Crippen LogP contribution in [0.2, 0.25) is 0 Å². The zero-order valence-corrected chi connectivity index (χ0v) is 12.6. The highest BCUT2D eigenvalue weighted by atomic mass is 16.6. The average Bonchev–Trinajstić information content (AvgIpc) is 2.58. The highest BCUT2D eigenvalue weighted by Crippen LogP contribution is 2.17. The number of carbonyl (C=O) groups is 1. The van der Waals surface area contributed by atoms with E-state index in [0.29, 0.717) is 11.4 Å². The Morgan fingerprint density at radius 2 is 1.79 bits per heavy atom. The molecule has 0 heterocycles. The van der Waals surface area contributed by atoms with Gasteiger partial charge in [0.25, 0.3) is 5.69 Å². The van der Waals surface area contributed by atoms with Crippen molar-refractivity contribution in [3.63, 3.8) is 0 Å². The first-order valence-corrected chi connectivity index (χ1v) is 7.08. The van der Waals surface area contributed by atoms with Gasteiger partial charge in [-0.2, -0.15) is 0 Å². The van der Waals surface area contributed by atoms with Crippen LogP contribution in [0.25, 0.3) is 0 Å². The number of nitro groups is 1. The minimum atomic E-state index is -1.00. The molecule has 0 radical (unpaired) electrons. The smallest absolute Gasteiger partial charge is 0.335 e. The molecule has 0 aliphatic heterocycles. The van der Waals surface area contributed by atoms with E-state index in [4.69, 9.17) is 9.84 Å². The molecule has 1 atom stereocenters. The van der Waals surface area contributed by atoms with Crippen LogP contribution >= 0.6 is 0 Å². The van der Waals surface area contributed by atoms with Crippen LogP contribution in [-0.2, 0) is 0 Å². The number of hydrogen-bond acceptors (Lipinski definition) is 6. The lowest BCUT2D eigenvalue weighted by molar-refractivity contribution is -0.384. The van der Waals surface area contributed by atoms with E-state index in [2.05, 4.69) is 5.32 Å². The van der Waals surface area contributed by atoms with Crippen molar-refractivity contribution in [2.24, 2.45) is 0 Å². The van der Waals surface area contributed by atoms with Gasteiger partial charge in [0.2, 0.25) is 0 Å². The third-order valence-electron chi connectivity index (χ3n) is 3.16. The molecule has 0 unspecified atom stereocenters. The Labute approximate surface area is 137 Å². The van der Waals surface area contributed by atoms with Crippen molar-refractivity contribution in [2.45, 2.75) is 6.10 Å². The van der Waals surface area contributed by atoms with Crippen LogP contribution in [0.4, 0.5) is 11.4 Å². The Balaban J connectivity index is 1.77. The predicted octanol–water partition coefficient (Wildman–Crippen LogP) is 2.14. The second kappa shape index (κ2) is 7.93. The fraction of sp³-hybridized carbons (Fsp3) is 0.188. The van der Waals surface area contributed by atoms with Crippen LogP contribution < -0.4 is 10.1 Å². The topological polar surface area (TPSA) is 122 Å². The molecule has 0 aliphatic rings. The fourth-order valence-electron chi connectivity index (χ4n) is 1.88. The number of carboxylic acid groups (broad SMARTS) is 1. The summed E-state index contributed by atoms with van der Waals surface area (Å²) >= 11 is 0. The van der Waals surface area contributed by atoms with Gasteiger partial charge in [0, 0.05) is 24.4 Å². The Bertz CT molecular complexity index is 638. The highest BCUT2D eigenvalue weighted by molar-refractivity contribution is 5.87. The molecule has 0 aliphatic carbocycles. The van der Waals surface area contributed by atoms with Crippen molar-refractivity contribution in [1.29, 1.82) is 0 Å². The van der Waals surface area contributed by atoms with E-state index in [1.165, 1.54) is 36.4 Å². The van der Waals surface area contributed by atoms with Gasteiger partial charge in [0.05, 0.1) is 10.5 Å². The number of non-ortho nitro benzene ring substituents is 1. The van der Waals surface area contributed by atoms with Crippen LogP contribution in [0.1, 0.15) is 10.4 Å². The maximum absolute atomic E-state index is 10.7. The maximum atomic E-state index is 10.7.